The van der Waals surface area contributed by atoms with E-state index in [1.54, 1.807) is 15.6 Å². The van der Waals surface area contributed by atoms with E-state index in [0.29, 0.717) is 17.3 Å². The quantitative estimate of drug-likeness (QED) is 0.593. The molecule has 8 heteroatoms. The van der Waals surface area contributed by atoms with Crippen LogP contribution in [0.25, 0.3) is 22.5 Å². The van der Waals surface area contributed by atoms with Gasteiger partial charge in [0.25, 0.3) is 0 Å². The summed E-state index contributed by atoms with van der Waals surface area (Å²) in [5.41, 5.74) is 1.81. The van der Waals surface area contributed by atoms with Gasteiger partial charge in [0.15, 0.2) is 11.5 Å². The Morgan fingerprint density at radius 3 is 2.54 bits per heavy atom. The monoisotopic (exact) mass is 375 g/mol. The molecule has 4 aromatic rings. The zero-order valence-electron chi connectivity index (χ0n) is 16.2. The predicted octanol–water partition coefficient (Wildman–Crippen LogP) is 3.29. The second-order valence-electron chi connectivity index (χ2n) is 7.61. The van der Waals surface area contributed by atoms with Crippen molar-refractivity contribution >= 4 is 22.8 Å². The highest BCUT2D eigenvalue weighted by Gasteiger charge is 2.24. The molecular weight excluding hydrogens is 354 g/mol. The molecule has 0 radical (unpaired) electrons. The fraction of sp³-hybridized carbons (Fsp3) is 0.250. The van der Waals surface area contributed by atoms with Crippen LogP contribution in [0.4, 0.5) is 5.82 Å². The predicted molar refractivity (Wildman–Crippen MR) is 107 cm³/mol. The number of rotatable bonds is 3. The van der Waals surface area contributed by atoms with E-state index in [2.05, 4.69) is 25.5 Å². The van der Waals surface area contributed by atoms with Crippen molar-refractivity contribution in [2.24, 2.45) is 5.41 Å². The minimum Gasteiger partial charge on any atom is -0.310 e. The van der Waals surface area contributed by atoms with Gasteiger partial charge in [-0.3, -0.25) is 4.79 Å². The third kappa shape index (κ3) is 3.13. The van der Waals surface area contributed by atoms with Crippen molar-refractivity contribution in [1.82, 2.24) is 29.5 Å². The molecule has 0 saturated carbocycles. The topological polar surface area (TPSA) is 90.5 Å². The molecule has 0 unspecified atom stereocenters. The van der Waals surface area contributed by atoms with Crippen LogP contribution in [0.1, 0.15) is 26.5 Å². The summed E-state index contributed by atoms with van der Waals surface area (Å²) in [4.78, 5) is 21.3. The smallest absolute Gasteiger partial charge is 0.230 e. The van der Waals surface area contributed by atoms with Gasteiger partial charge in [-0.2, -0.15) is 14.9 Å². The highest BCUT2D eigenvalue weighted by atomic mass is 16.2. The minimum atomic E-state index is -0.526. The van der Waals surface area contributed by atoms with Crippen molar-refractivity contribution in [2.45, 2.75) is 27.7 Å². The van der Waals surface area contributed by atoms with Gasteiger partial charge in [0.2, 0.25) is 5.91 Å². The van der Waals surface area contributed by atoms with E-state index in [4.69, 9.17) is 0 Å². The van der Waals surface area contributed by atoms with Gasteiger partial charge in [-0.25, -0.2) is 14.6 Å². The second kappa shape index (κ2) is 6.56. The van der Waals surface area contributed by atoms with Crippen LogP contribution in [-0.4, -0.2) is 35.4 Å². The van der Waals surface area contributed by atoms with Gasteiger partial charge in [0, 0.05) is 11.5 Å². The molecule has 3 heterocycles. The Bertz CT molecular complexity index is 1150. The molecule has 0 atom stereocenters. The number of anilines is 1. The Balaban J connectivity index is 1.83. The van der Waals surface area contributed by atoms with Gasteiger partial charge in [0.05, 0.1) is 23.0 Å². The number of hydrogen-bond acceptors (Lipinski definition) is 5. The maximum atomic E-state index is 12.5. The first-order chi connectivity index (χ1) is 13.3. The third-order valence-corrected chi connectivity index (χ3v) is 4.30. The molecule has 8 nitrogen and oxygen atoms in total. The number of benzene rings is 1. The molecule has 0 aliphatic carbocycles. The molecule has 1 N–H and O–H groups in total. The van der Waals surface area contributed by atoms with Crippen molar-refractivity contribution in [3.05, 3.63) is 54.6 Å². The number of para-hydroxylation sites is 1. The molecule has 142 valence electrons. The van der Waals surface area contributed by atoms with E-state index in [9.17, 15) is 4.79 Å². The van der Waals surface area contributed by atoms with Crippen LogP contribution in [0.3, 0.4) is 0 Å². The molecule has 28 heavy (non-hydrogen) atoms. The number of nitrogens with zero attached hydrogens (tertiary/aromatic N) is 6. The first kappa shape index (κ1) is 17.8. The van der Waals surface area contributed by atoms with Crippen LogP contribution >= 0.6 is 0 Å². The van der Waals surface area contributed by atoms with Gasteiger partial charge in [-0.15, -0.1) is 0 Å². The van der Waals surface area contributed by atoms with Gasteiger partial charge in [-0.1, -0.05) is 39.0 Å². The number of amides is 1. The molecule has 3 aromatic heterocycles. The van der Waals surface area contributed by atoms with Gasteiger partial charge in [-0.05, 0) is 19.1 Å². The minimum absolute atomic E-state index is 0.0982. The second-order valence-corrected chi connectivity index (χ2v) is 7.61. The number of fused-ring (bicyclic) bond motifs is 1. The number of nitrogens with one attached hydrogen (secondary N) is 1. The number of aryl methyl sites for hydroxylation is 1. The van der Waals surface area contributed by atoms with Gasteiger partial charge in [0.1, 0.15) is 12.1 Å². The molecule has 0 spiro atoms. The molecule has 4 rings (SSSR count). The largest absolute Gasteiger partial charge is 0.310 e. The zero-order valence-corrected chi connectivity index (χ0v) is 16.2. The number of hydrogen-bond donors (Lipinski definition) is 1. The SMILES string of the molecule is Cc1cc(NC(=O)C(C)(C)C)n(-c2ncnc3c2cnn3-c2ccccc2)n1. The highest BCUT2D eigenvalue weighted by Crippen LogP contribution is 2.25. The van der Waals surface area contributed by atoms with E-state index >= 15 is 0 Å². The summed E-state index contributed by atoms with van der Waals surface area (Å²) in [5.74, 6) is 1.02. The van der Waals surface area contributed by atoms with E-state index in [1.807, 2.05) is 64.1 Å². The van der Waals surface area contributed by atoms with E-state index < -0.39 is 5.41 Å². The van der Waals surface area contributed by atoms with Gasteiger partial charge < -0.3 is 5.32 Å². The van der Waals surface area contributed by atoms with Crippen LogP contribution in [0.2, 0.25) is 0 Å². The molecule has 0 aliphatic rings. The number of carbonyl (C=O) groups is 1. The normalized spacial score (nSPS) is 11.7. The Morgan fingerprint density at radius 2 is 1.82 bits per heavy atom. The summed E-state index contributed by atoms with van der Waals surface area (Å²) in [6.45, 7) is 7.46. The Morgan fingerprint density at radius 1 is 1.07 bits per heavy atom. The molecule has 1 amide bonds. The standard InChI is InChI=1S/C20H21N7O/c1-13-10-16(24-19(28)20(2,3)4)27(25-13)18-15-11-23-26(17(15)21-12-22-18)14-8-6-5-7-9-14/h5-12H,1-4H3,(H,24,28). The van der Waals surface area contributed by atoms with E-state index in [0.717, 1.165) is 16.8 Å². The van der Waals surface area contributed by atoms with Crippen LogP contribution < -0.4 is 5.32 Å². The lowest BCUT2D eigenvalue weighted by molar-refractivity contribution is -0.123. The third-order valence-electron chi connectivity index (χ3n) is 4.30. The van der Waals surface area contributed by atoms with E-state index in [-0.39, 0.29) is 5.91 Å². The number of carbonyl (C=O) groups excluding carboxylic acids is 1. The molecule has 0 saturated heterocycles. The van der Waals surface area contributed by atoms with Crippen molar-refractivity contribution in [1.29, 1.82) is 0 Å². The maximum absolute atomic E-state index is 12.5. The van der Waals surface area contributed by atoms with Crippen LogP contribution in [0.5, 0.6) is 0 Å². The average Bonchev–Trinajstić information content (AvgIpc) is 3.25. The highest BCUT2D eigenvalue weighted by molar-refractivity contribution is 5.94. The van der Waals surface area contributed by atoms with Crippen LogP contribution in [-0.2, 0) is 4.79 Å². The molecular formula is C20H21N7O. The fourth-order valence-corrected chi connectivity index (χ4v) is 2.81. The Hall–Kier alpha value is -3.55. The first-order valence-corrected chi connectivity index (χ1v) is 8.97. The molecule has 0 fully saturated rings. The van der Waals surface area contributed by atoms with Crippen molar-refractivity contribution < 1.29 is 4.79 Å². The number of aromatic nitrogens is 6. The fourth-order valence-electron chi connectivity index (χ4n) is 2.81. The summed E-state index contributed by atoms with van der Waals surface area (Å²) in [6, 6.07) is 11.6. The lowest BCUT2D eigenvalue weighted by Crippen LogP contribution is -2.28. The molecule has 0 bridgehead atoms. The zero-order chi connectivity index (χ0) is 19.9. The van der Waals surface area contributed by atoms with E-state index in [1.165, 1.54) is 6.33 Å². The summed E-state index contributed by atoms with van der Waals surface area (Å²) in [6.07, 6.45) is 3.19. The van der Waals surface area contributed by atoms with Crippen LogP contribution in [0.15, 0.2) is 48.9 Å². The average molecular weight is 375 g/mol. The Kier molecular flexibility index (Phi) is 4.18. The molecule has 1 aromatic carbocycles. The van der Waals surface area contributed by atoms with Crippen LogP contribution in [0, 0.1) is 12.3 Å². The summed E-state index contributed by atoms with van der Waals surface area (Å²) < 4.78 is 3.38. The van der Waals surface area contributed by atoms with Crippen molar-refractivity contribution in [3.8, 4) is 11.5 Å². The van der Waals surface area contributed by atoms with Crippen molar-refractivity contribution in [3.63, 3.8) is 0 Å². The Labute approximate surface area is 162 Å². The lowest BCUT2D eigenvalue weighted by Gasteiger charge is -2.18. The van der Waals surface area contributed by atoms with Crippen molar-refractivity contribution in [2.75, 3.05) is 5.32 Å². The lowest BCUT2D eigenvalue weighted by atomic mass is 9.96. The van der Waals surface area contributed by atoms with Gasteiger partial charge >= 0.3 is 0 Å². The summed E-state index contributed by atoms with van der Waals surface area (Å²) >= 11 is 0. The summed E-state index contributed by atoms with van der Waals surface area (Å²) in [7, 11) is 0. The summed E-state index contributed by atoms with van der Waals surface area (Å²) in [5, 5.41) is 12.7. The maximum Gasteiger partial charge on any atom is 0.230 e. The molecule has 0 aliphatic heterocycles. The first-order valence-electron chi connectivity index (χ1n) is 8.97.